The van der Waals surface area contributed by atoms with Crippen LogP contribution >= 0.6 is 11.3 Å². The van der Waals surface area contributed by atoms with Crippen molar-refractivity contribution in [1.29, 1.82) is 0 Å². The van der Waals surface area contributed by atoms with Gasteiger partial charge in [0.1, 0.15) is 0 Å². The second kappa shape index (κ2) is 4.36. The SMILES string of the molecule is Cc1ccc(NCc2ccsc2)c(N)c1. The van der Waals surface area contributed by atoms with Gasteiger partial charge >= 0.3 is 0 Å². The molecule has 0 atom stereocenters. The molecule has 3 heteroatoms. The fourth-order valence-electron chi connectivity index (χ4n) is 1.43. The molecule has 0 amide bonds. The predicted octanol–water partition coefficient (Wildman–Crippen LogP) is 3.25. The summed E-state index contributed by atoms with van der Waals surface area (Å²) in [5, 5.41) is 7.54. The van der Waals surface area contributed by atoms with Gasteiger partial charge in [-0.05, 0) is 47.0 Å². The minimum Gasteiger partial charge on any atom is -0.397 e. The van der Waals surface area contributed by atoms with E-state index in [0.29, 0.717) is 0 Å². The van der Waals surface area contributed by atoms with Crippen LogP contribution in [0.2, 0.25) is 0 Å². The highest BCUT2D eigenvalue weighted by atomic mass is 32.1. The number of thiophene rings is 1. The van der Waals surface area contributed by atoms with E-state index in [9.17, 15) is 0 Å². The van der Waals surface area contributed by atoms with Crippen LogP contribution in [0.3, 0.4) is 0 Å². The van der Waals surface area contributed by atoms with E-state index in [2.05, 4.69) is 28.2 Å². The Morgan fingerprint density at radius 3 is 2.87 bits per heavy atom. The van der Waals surface area contributed by atoms with Crippen molar-refractivity contribution < 1.29 is 0 Å². The third-order valence-electron chi connectivity index (χ3n) is 2.27. The second-order valence-electron chi connectivity index (χ2n) is 3.58. The van der Waals surface area contributed by atoms with Gasteiger partial charge in [-0.25, -0.2) is 0 Å². The maximum Gasteiger partial charge on any atom is 0.0576 e. The molecule has 0 spiro atoms. The summed E-state index contributed by atoms with van der Waals surface area (Å²) in [5.41, 5.74) is 10.2. The van der Waals surface area contributed by atoms with Crippen LogP contribution in [-0.4, -0.2) is 0 Å². The summed E-state index contributed by atoms with van der Waals surface area (Å²) in [6.07, 6.45) is 0. The maximum atomic E-state index is 5.90. The molecule has 1 aromatic heterocycles. The first-order valence-electron chi connectivity index (χ1n) is 4.87. The van der Waals surface area contributed by atoms with Crippen LogP contribution in [0, 0.1) is 6.92 Å². The lowest BCUT2D eigenvalue weighted by molar-refractivity contribution is 1.16. The lowest BCUT2D eigenvalue weighted by Gasteiger charge is -2.08. The monoisotopic (exact) mass is 218 g/mol. The van der Waals surface area contributed by atoms with Gasteiger partial charge in [0.05, 0.1) is 11.4 Å². The Hall–Kier alpha value is -1.48. The number of hydrogen-bond acceptors (Lipinski definition) is 3. The van der Waals surface area contributed by atoms with Gasteiger partial charge in [0.15, 0.2) is 0 Å². The van der Waals surface area contributed by atoms with E-state index < -0.39 is 0 Å². The zero-order valence-corrected chi connectivity index (χ0v) is 9.47. The lowest BCUT2D eigenvalue weighted by atomic mass is 10.2. The Morgan fingerprint density at radius 1 is 1.33 bits per heavy atom. The van der Waals surface area contributed by atoms with Gasteiger partial charge < -0.3 is 11.1 Å². The minimum atomic E-state index is 0.810. The van der Waals surface area contributed by atoms with Gasteiger partial charge in [-0.3, -0.25) is 0 Å². The molecule has 0 saturated heterocycles. The molecule has 1 aromatic carbocycles. The Morgan fingerprint density at radius 2 is 2.20 bits per heavy atom. The molecular formula is C12H14N2S. The van der Waals surface area contributed by atoms with Gasteiger partial charge in [0.2, 0.25) is 0 Å². The Kier molecular flexibility index (Phi) is 2.92. The van der Waals surface area contributed by atoms with Crippen molar-refractivity contribution in [1.82, 2.24) is 0 Å². The molecule has 2 aromatic rings. The number of nitrogens with one attached hydrogen (secondary N) is 1. The van der Waals surface area contributed by atoms with Crippen LogP contribution in [0.25, 0.3) is 0 Å². The largest absolute Gasteiger partial charge is 0.397 e. The van der Waals surface area contributed by atoms with E-state index in [-0.39, 0.29) is 0 Å². The molecule has 0 aliphatic carbocycles. The van der Waals surface area contributed by atoms with E-state index in [0.717, 1.165) is 17.9 Å². The second-order valence-corrected chi connectivity index (χ2v) is 4.36. The molecule has 78 valence electrons. The number of benzene rings is 1. The van der Waals surface area contributed by atoms with Gasteiger partial charge in [0, 0.05) is 6.54 Å². The van der Waals surface area contributed by atoms with Crippen molar-refractivity contribution in [2.45, 2.75) is 13.5 Å². The smallest absolute Gasteiger partial charge is 0.0576 e. The average molecular weight is 218 g/mol. The van der Waals surface area contributed by atoms with Crippen molar-refractivity contribution in [2.75, 3.05) is 11.1 Å². The van der Waals surface area contributed by atoms with Gasteiger partial charge in [-0.15, -0.1) is 0 Å². The molecule has 0 aliphatic heterocycles. The normalized spacial score (nSPS) is 10.2. The quantitative estimate of drug-likeness (QED) is 0.776. The van der Waals surface area contributed by atoms with E-state index in [1.807, 2.05) is 19.1 Å². The summed E-state index contributed by atoms with van der Waals surface area (Å²) in [4.78, 5) is 0. The number of aryl methyl sites for hydroxylation is 1. The number of nitrogens with two attached hydrogens (primary N) is 1. The molecule has 0 radical (unpaired) electrons. The summed E-state index contributed by atoms with van der Waals surface area (Å²) in [6.45, 7) is 2.87. The fraction of sp³-hybridized carbons (Fsp3) is 0.167. The molecule has 3 N–H and O–H groups in total. The van der Waals surface area contributed by atoms with Crippen molar-refractivity contribution in [2.24, 2.45) is 0 Å². The minimum absolute atomic E-state index is 0.810. The number of anilines is 2. The summed E-state index contributed by atoms with van der Waals surface area (Å²) in [5.74, 6) is 0. The molecule has 2 nitrogen and oxygen atoms in total. The van der Waals surface area contributed by atoms with Crippen LogP contribution in [0.15, 0.2) is 35.0 Å². The van der Waals surface area contributed by atoms with Crippen molar-refractivity contribution in [3.8, 4) is 0 Å². The summed E-state index contributed by atoms with van der Waals surface area (Å²) < 4.78 is 0. The summed E-state index contributed by atoms with van der Waals surface area (Å²) in [7, 11) is 0. The van der Waals surface area contributed by atoms with E-state index in [1.165, 1.54) is 11.1 Å². The first kappa shape index (κ1) is 10.1. The Bertz CT molecular complexity index is 435. The third kappa shape index (κ3) is 2.50. The van der Waals surface area contributed by atoms with E-state index in [1.54, 1.807) is 11.3 Å². The molecule has 0 unspecified atom stereocenters. The zero-order chi connectivity index (χ0) is 10.7. The molecule has 2 rings (SSSR count). The van der Waals surface area contributed by atoms with Gasteiger partial charge in [-0.2, -0.15) is 11.3 Å². The topological polar surface area (TPSA) is 38.0 Å². The summed E-state index contributed by atoms with van der Waals surface area (Å²) in [6, 6.07) is 8.18. The number of hydrogen-bond donors (Lipinski definition) is 2. The first-order valence-corrected chi connectivity index (χ1v) is 5.81. The number of nitrogen functional groups attached to an aromatic ring is 1. The molecule has 15 heavy (non-hydrogen) atoms. The van der Waals surface area contributed by atoms with Crippen molar-refractivity contribution in [3.05, 3.63) is 46.2 Å². The molecule has 0 bridgehead atoms. The standard InChI is InChI=1S/C12H14N2S/c1-9-2-3-12(11(13)6-9)14-7-10-4-5-15-8-10/h2-6,8,14H,7,13H2,1H3. The zero-order valence-electron chi connectivity index (χ0n) is 8.66. The molecular weight excluding hydrogens is 204 g/mol. The van der Waals surface area contributed by atoms with Gasteiger partial charge in [-0.1, -0.05) is 6.07 Å². The van der Waals surface area contributed by atoms with Crippen LogP contribution in [-0.2, 0) is 6.54 Å². The maximum absolute atomic E-state index is 5.90. The van der Waals surface area contributed by atoms with Crippen molar-refractivity contribution in [3.63, 3.8) is 0 Å². The molecule has 0 fully saturated rings. The molecule has 0 aliphatic rings. The first-order chi connectivity index (χ1) is 7.25. The highest BCUT2D eigenvalue weighted by molar-refractivity contribution is 7.07. The van der Waals surface area contributed by atoms with Crippen LogP contribution < -0.4 is 11.1 Å². The fourth-order valence-corrected chi connectivity index (χ4v) is 2.10. The van der Waals surface area contributed by atoms with E-state index in [4.69, 9.17) is 5.73 Å². The highest BCUT2D eigenvalue weighted by Gasteiger charge is 1.98. The Balaban J connectivity index is 2.05. The lowest BCUT2D eigenvalue weighted by Crippen LogP contribution is -2.01. The van der Waals surface area contributed by atoms with Crippen molar-refractivity contribution >= 4 is 22.7 Å². The third-order valence-corrected chi connectivity index (χ3v) is 3.00. The van der Waals surface area contributed by atoms with Crippen LogP contribution in [0.1, 0.15) is 11.1 Å². The van der Waals surface area contributed by atoms with Crippen LogP contribution in [0.5, 0.6) is 0 Å². The van der Waals surface area contributed by atoms with Gasteiger partial charge in [0.25, 0.3) is 0 Å². The van der Waals surface area contributed by atoms with E-state index >= 15 is 0 Å². The Labute approximate surface area is 93.7 Å². The molecule has 0 saturated carbocycles. The predicted molar refractivity (Wildman–Crippen MR) is 67.2 cm³/mol. The number of rotatable bonds is 3. The average Bonchev–Trinajstić information content (AvgIpc) is 2.69. The van der Waals surface area contributed by atoms with Crippen LogP contribution in [0.4, 0.5) is 11.4 Å². The highest BCUT2D eigenvalue weighted by Crippen LogP contribution is 2.20. The molecule has 1 heterocycles. The summed E-state index contributed by atoms with van der Waals surface area (Å²) >= 11 is 1.71.